The number of hydrogen-bond donors (Lipinski definition) is 0. The van der Waals surface area contributed by atoms with Crippen molar-refractivity contribution in [3.8, 4) is 0 Å². The van der Waals surface area contributed by atoms with Gasteiger partial charge in [-0.1, -0.05) is 110 Å². The van der Waals surface area contributed by atoms with Gasteiger partial charge >= 0.3 is 70.7 Å². The van der Waals surface area contributed by atoms with Gasteiger partial charge in [-0.05, 0) is 60.6 Å². The molecule has 0 aromatic heterocycles. The Morgan fingerprint density at radius 3 is 0.691 bits per heavy atom. The van der Waals surface area contributed by atoms with E-state index in [1.165, 1.54) is 0 Å². The smallest absolute Gasteiger partial charge is 0.395 e. The predicted octanol–water partition coefficient (Wildman–Crippen LogP) is 9.49. The molecule has 8 bridgehead atoms. The highest BCUT2D eigenvalue weighted by molar-refractivity contribution is 7.03. The highest BCUT2D eigenvalue weighted by Gasteiger charge is 2.84. The summed E-state index contributed by atoms with van der Waals surface area (Å²) in [5.41, 5.74) is 0. The Morgan fingerprint density at radius 2 is 0.527 bits per heavy atom. The second kappa shape index (κ2) is 17.0. The molecule has 6 rings (SSSR count). The fourth-order valence-electron chi connectivity index (χ4n) is 8.63. The minimum absolute atomic E-state index is 0.0951. The van der Waals surface area contributed by atoms with Crippen molar-refractivity contribution in [3.63, 3.8) is 0 Å². The van der Waals surface area contributed by atoms with Crippen LogP contribution in [0.5, 0.6) is 0 Å². The number of hydrogen-bond acceptors (Lipinski definition) is 13. The van der Waals surface area contributed by atoms with E-state index in [0.29, 0.717) is 42.3 Å². The van der Waals surface area contributed by atoms with Crippen molar-refractivity contribution in [1.29, 1.82) is 0 Å². The summed E-state index contributed by atoms with van der Waals surface area (Å²) in [5, 5.41) is 0. The normalized spacial score (nSPS) is 40.6. The van der Waals surface area contributed by atoms with Gasteiger partial charge in [0.15, 0.2) is 8.32 Å². The van der Waals surface area contributed by atoms with Gasteiger partial charge < -0.3 is 53.5 Å². The van der Waals surface area contributed by atoms with Gasteiger partial charge in [0, 0.05) is 42.3 Å². The fraction of sp³-hybridized carbons (Fsp3) is 1.00. The molecule has 0 spiro atoms. The first-order valence-electron chi connectivity index (χ1n) is 21.3. The van der Waals surface area contributed by atoms with E-state index in [4.69, 9.17) is 53.5 Å². The lowest BCUT2D eigenvalue weighted by atomic mass is 10.3. The van der Waals surface area contributed by atoms with Crippen LogP contribution in [0.25, 0.3) is 0 Å². The van der Waals surface area contributed by atoms with Gasteiger partial charge in [0.05, 0.1) is 0 Å². The van der Waals surface area contributed by atoms with Crippen LogP contribution in [0.15, 0.2) is 0 Å². The van der Waals surface area contributed by atoms with Gasteiger partial charge in [0.1, 0.15) is 0 Å². The van der Waals surface area contributed by atoms with Crippen LogP contribution in [-0.4, -0.2) is 79.0 Å². The van der Waals surface area contributed by atoms with Crippen LogP contribution in [-0.2, 0) is 53.5 Å². The van der Waals surface area contributed by atoms with Crippen molar-refractivity contribution in [2.45, 2.75) is 172 Å². The van der Waals surface area contributed by atoms with E-state index < -0.39 is 79.0 Å². The molecule has 6 fully saturated rings. The van der Waals surface area contributed by atoms with E-state index in [2.05, 4.69) is 117 Å². The van der Waals surface area contributed by atoms with Crippen LogP contribution < -0.4 is 0 Å². The van der Waals surface area contributed by atoms with Crippen molar-refractivity contribution in [2.24, 2.45) is 41.4 Å². The maximum absolute atomic E-state index is 7.77. The molecule has 0 amide bonds. The second-order valence-electron chi connectivity index (χ2n) is 20.3. The molecule has 0 unspecified atom stereocenters. The lowest BCUT2D eigenvalue weighted by Gasteiger charge is -2.63. The SMILES string of the molecule is CCC[Si](C)(C)O[Si]12O[Si]3(CC(C)C)O[Si]4(CC(C)C)O[Si]5(CC(C)C)O[Si](CC(C)C)(O3)O[Si](CC(C)C)(O[Si](CC(C)C)(O5)O[Si](CC(C)C)(O4)O1)O2. The first kappa shape index (κ1) is 47.5. The molecule has 0 aromatic carbocycles. The van der Waals surface area contributed by atoms with Gasteiger partial charge in [-0.2, -0.15) is 0 Å². The lowest BCUT2D eigenvalue weighted by molar-refractivity contribution is -0.0504. The average molecular weight is 934 g/mol. The monoisotopic (exact) mass is 932 g/mol. The van der Waals surface area contributed by atoms with E-state index >= 15 is 0 Å². The van der Waals surface area contributed by atoms with Gasteiger partial charge in [0.25, 0.3) is 0 Å². The Balaban J connectivity index is 1.98. The zero-order chi connectivity index (χ0) is 41.1. The van der Waals surface area contributed by atoms with Crippen LogP contribution in [0, 0.1) is 41.4 Å². The maximum atomic E-state index is 7.77. The van der Waals surface area contributed by atoms with Crippen molar-refractivity contribution in [1.82, 2.24) is 0 Å². The van der Waals surface area contributed by atoms with Crippen LogP contribution in [0.1, 0.15) is 110 Å². The minimum Gasteiger partial charge on any atom is -0.395 e. The highest BCUT2D eigenvalue weighted by Crippen LogP contribution is 2.55. The summed E-state index contributed by atoms with van der Waals surface area (Å²) in [6.45, 7) is 36.9. The van der Waals surface area contributed by atoms with E-state index in [0.717, 1.165) is 12.5 Å². The summed E-state index contributed by atoms with van der Waals surface area (Å²) < 4.78 is 101. The molecule has 13 nitrogen and oxygen atoms in total. The zero-order valence-electron chi connectivity index (χ0n) is 37.2. The van der Waals surface area contributed by atoms with Gasteiger partial charge in [-0.15, -0.1) is 0 Å². The third kappa shape index (κ3) is 11.3. The molecule has 0 radical (unpaired) electrons. The standard InChI is InChI=1S/C33H76O13Si9/c1-18-19-47(16,17)34-55-44-52(24-31(10)11)38-49(21-28(4)5)35-48(20-27(2)3)36-50(40-52,22-29(6)7)42-54(46-55,26-33(14)15)43-51(37-48,23-30(8)9)41-53(39-49,45-55)25-32(12)13/h27-33H,18-26H2,1-17H3. The Bertz CT molecular complexity index is 1170. The van der Waals surface area contributed by atoms with E-state index in [1.807, 2.05) is 0 Å². The molecule has 0 aliphatic carbocycles. The first-order valence-corrected chi connectivity index (χ1v) is 39.6. The van der Waals surface area contributed by atoms with Crippen LogP contribution >= 0.6 is 0 Å². The molecule has 6 saturated heterocycles. The fourth-order valence-corrected chi connectivity index (χ4v) is 63.2. The quantitative estimate of drug-likeness (QED) is 0.122. The Morgan fingerprint density at radius 1 is 0.345 bits per heavy atom. The Kier molecular flexibility index (Phi) is 14.6. The van der Waals surface area contributed by atoms with Crippen molar-refractivity contribution in [3.05, 3.63) is 0 Å². The predicted molar refractivity (Wildman–Crippen MR) is 230 cm³/mol. The van der Waals surface area contributed by atoms with Crippen LogP contribution in [0.4, 0.5) is 0 Å². The molecule has 0 aromatic rings. The van der Waals surface area contributed by atoms with Gasteiger partial charge in [0.2, 0.25) is 0 Å². The third-order valence-electron chi connectivity index (χ3n) is 9.50. The van der Waals surface area contributed by atoms with Crippen LogP contribution in [0.2, 0.25) is 61.4 Å². The lowest BCUT2D eigenvalue weighted by Crippen LogP contribution is -2.89. The molecule has 6 heterocycles. The summed E-state index contributed by atoms with van der Waals surface area (Å²) in [6.07, 6.45) is 0.936. The van der Waals surface area contributed by atoms with E-state index in [-0.39, 0.29) is 41.4 Å². The third-order valence-corrected chi connectivity index (χ3v) is 52.8. The van der Waals surface area contributed by atoms with Crippen molar-refractivity contribution >= 4 is 79.0 Å². The summed E-state index contributed by atoms with van der Waals surface area (Å²) >= 11 is 0. The zero-order valence-corrected chi connectivity index (χ0v) is 46.2. The Hall–Kier alpha value is 1.43. The topological polar surface area (TPSA) is 120 Å². The van der Waals surface area contributed by atoms with Crippen LogP contribution in [0.3, 0.4) is 0 Å². The first-order chi connectivity index (χ1) is 25.2. The summed E-state index contributed by atoms with van der Waals surface area (Å²) in [4.78, 5) is 0. The molecule has 0 N–H and O–H groups in total. The van der Waals surface area contributed by atoms with E-state index in [9.17, 15) is 0 Å². The molecule has 0 atom stereocenters. The molecule has 55 heavy (non-hydrogen) atoms. The van der Waals surface area contributed by atoms with Crippen molar-refractivity contribution < 1.29 is 53.5 Å². The Labute approximate surface area is 343 Å². The molecule has 0 saturated carbocycles. The highest BCUT2D eigenvalue weighted by atomic mass is 28.6. The second-order valence-corrected chi connectivity index (χ2v) is 48.4. The summed E-state index contributed by atoms with van der Waals surface area (Å²) in [5.74, 6) is 0.768. The average Bonchev–Trinajstić information content (AvgIpc) is 2.84. The number of rotatable bonds is 18. The molecular weight excluding hydrogens is 857 g/mol. The molecule has 22 heteroatoms. The van der Waals surface area contributed by atoms with Gasteiger partial charge in [-0.25, -0.2) is 0 Å². The minimum atomic E-state index is -4.40. The summed E-state index contributed by atoms with van der Waals surface area (Å²) in [7, 11) is -34.7. The maximum Gasteiger partial charge on any atom is 0.646 e. The van der Waals surface area contributed by atoms with Gasteiger partial charge in [-0.3, -0.25) is 0 Å². The largest absolute Gasteiger partial charge is 0.646 e. The summed E-state index contributed by atoms with van der Waals surface area (Å²) in [6, 6.07) is 4.10. The molecular formula is C33H76O13Si9. The molecule has 6 aliphatic heterocycles. The molecule has 322 valence electrons. The van der Waals surface area contributed by atoms with Crippen molar-refractivity contribution in [2.75, 3.05) is 0 Å². The molecule has 6 aliphatic rings. The van der Waals surface area contributed by atoms with E-state index in [1.54, 1.807) is 0 Å².